The maximum absolute atomic E-state index is 14.3. The molecule has 1 saturated heterocycles. The van der Waals surface area contributed by atoms with Gasteiger partial charge in [-0.2, -0.15) is 9.61 Å². The van der Waals surface area contributed by atoms with Gasteiger partial charge in [-0.15, -0.1) is 11.8 Å². The molecule has 0 saturated carbocycles. The summed E-state index contributed by atoms with van der Waals surface area (Å²) in [6.07, 6.45) is 1.15. The summed E-state index contributed by atoms with van der Waals surface area (Å²) in [4.78, 5) is 58.7. The van der Waals surface area contributed by atoms with Crippen LogP contribution in [0.5, 0.6) is 0 Å². The average molecular weight is 757 g/mol. The topological polar surface area (TPSA) is 153 Å². The molecule has 2 aromatic carbocycles. The number of thioether (sulfide) groups is 2. The molecule has 0 aliphatic carbocycles. The maximum Gasteiger partial charge on any atom is 0.413 e. The van der Waals surface area contributed by atoms with Crippen LogP contribution in [0, 0.1) is 0 Å². The molecule has 2 atom stereocenters. The minimum atomic E-state index is -0.883. The van der Waals surface area contributed by atoms with Gasteiger partial charge >= 0.3 is 18.2 Å². The van der Waals surface area contributed by atoms with Crippen molar-refractivity contribution in [2.45, 2.75) is 75.3 Å². The van der Waals surface area contributed by atoms with Crippen LogP contribution in [0.4, 0.5) is 15.4 Å². The van der Waals surface area contributed by atoms with Crippen molar-refractivity contribution in [1.82, 2.24) is 24.8 Å². The number of imidazole rings is 1. The number of carbonyl (C=O) groups excluding carboxylic acids is 4. The number of ether oxygens (including phenoxy) is 3. The average Bonchev–Trinajstić information content (AvgIpc) is 3.49. The summed E-state index contributed by atoms with van der Waals surface area (Å²) in [6.45, 7) is 10.5. The van der Waals surface area contributed by atoms with E-state index in [9.17, 15) is 19.2 Å². The lowest BCUT2D eigenvalue weighted by molar-refractivity contribution is -0.153. The number of nitrogens with one attached hydrogen (secondary N) is 2. The highest BCUT2D eigenvalue weighted by Gasteiger charge is 2.55. The van der Waals surface area contributed by atoms with Gasteiger partial charge in [-0.3, -0.25) is 15.0 Å². The van der Waals surface area contributed by atoms with Gasteiger partial charge in [-0.05, 0) is 81.9 Å². The zero-order valence-electron chi connectivity index (χ0n) is 30.1. The molecule has 4 aromatic rings. The molecular formula is C38H40N6O7S2. The van der Waals surface area contributed by atoms with Crippen LogP contribution in [-0.4, -0.2) is 71.9 Å². The minimum absolute atomic E-state index is 0.0940. The van der Waals surface area contributed by atoms with Gasteiger partial charge in [0.05, 0.1) is 6.20 Å². The molecular weight excluding hydrogens is 717 g/mol. The molecule has 2 aliphatic heterocycles. The van der Waals surface area contributed by atoms with Crippen molar-refractivity contribution in [3.8, 4) is 0 Å². The van der Waals surface area contributed by atoms with Gasteiger partial charge < -0.3 is 19.5 Å². The van der Waals surface area contributed by atoms with Crippen molar-refractivity contribution in [1.29, 1.82) is 0 Å². The summed E-state index contributed by atoms with van der Waals surface area (Å²) in [5.74, 6) is -0.452. The molecule has 13 nitrogen and oxygen atoms in total. The molecule has 3 amide bonds. The first-order valence-electron chi connectivity index (χ1n) is 16.8. The smallest absolute Gasteiger partial charge is 0.413 e. The quantitative estimate of drug-likeness (QED) is 0.0780. The maximum atomic E-state index is 14.3. The van der Waals surface area contributed by atoms with Gasteiger partial charge in [0.2, 0.25) is 0 Å². The molecule has 0 radical (unpaired) electrons. The molecule has 4 heterocycles. The molecule has 53 heavy (non-hydrogen) atoms. The second-order valence-electron chi connectivity index (χ2n) is 14.1. The standard InChI is InChI=1S/C38H40N6O7S2/c1-37(2,3)50-35(47)40-27-21-39-26-17-18-28(42-44(26)27)52-20-19-25-22-53-33-29(41-36(48)51-38(4,5)6)32(45)43(33)30(25)34(46)49-31(23-13-9-7-10-14-23)24-15-11-8-12-16-24/h7-21,29,31,33H,22H2,1-6H3,(H,40,47)(H,41,48)/b20-19+/t29-,33+/m1/s1. The van der Waals surface area contributed by atoms with Crippen LogP contribution in [-0.2, 0) is 23.8 Å². The van der Waals surface area contributed by atoms with E-state index in [2.05, 4.69) is 20.7 Å². The van der Waals surface area contributed by atoms with Gasteiger partial charge in [-0.1, -0.05) is 72.4 Å². The number of β-lactam (4-membered cyclic amide) rings is 1. The monoisotopic (exact) mass is 756 g/mol. The van der Waals surface area contributed by atoms with Crippen LogP contribution in [0.15, 0.2) is 107 Å². The Balaban J connectivity index is 1.28. The number of nitrogens with zero attached hydrogens (tertiary/aromatic N) is 4. The Morgan fingerprint density at radius 3 is 2.15 bits per heavy atom. The fourth-order valence-electron chi connectivity index (χ4n) is 5.54. The SMILES string of the molecule is CC(C)(C)OC(=O)Nc1cnc2ccc(S/C=C/C3=C(C(=O)OC(c4ccccc4)c4ccccc4)N4C(=O)[C@@H](NC(=O)OC(C)(C)C)[C@@H]4SC3)nn12. The molecule has 2 aromatic heterocycles. The molecule has 1 fully saturated rings. The lowest BCUT2D eigenvalue weighted by Gasteiger charge is -2.49. The van der Waals surface area contributed by atoms with Crippen LogP contribution in [0.3, 0.4) is 0 Å². The highest BCUT2D eigenvalue weighted by molar-refractivity contribution is 8.02. The third-order valence-corrected chi connectivity index (χ3v) is 9.75. The summed E-state index contributed by atoms with van der Waals surface area (Å²) >= 11 is 2.68. The van der Waals surface area contributed by atoms with Gasteiger partial charge in [0, 0.05) is 5.75 Å². The Bertz CT molecular complexity index is 2030. The van der Waals surface area contributed by atoms with Crippen molar-refractivity contribution >= 4 is 59.1 Å². The van der Waals surface area contributed by atoms with Gasteiger partial charge in [0.15, 0.2) is 17.6 Å². The van der Waals surface area contributed by atoms with Crippen LogP contribution in [0.2, 0.25) is 0 Å². The predicted molar refractivity (Wildman–Crippen MR) is 202 cm³/mol. The normalized spacial score (nSPS) is 17.4. The van der Waals surface area contributed by atoms with Crippen LogP contribution in [0.25, 0.3) is 5.65 Å². The van der Waals surface area contributed by atoms with Crippen LogP contribution < -0.4 is 10.6 Å². The number of alkyl carbamates (subject to hydrolysis) is 1. The largest absolute Gasteiger partial charge is 0.448 e. The number of anilines is 1. The number of amides is 3. The van der Waals surface area contributed by atoms with E-state index in [4.69, 9.17) is 14.2 Å². The summed E-state index contributed by atoms with van der Waals surface area (Å²) in [6, 6.07) is 21.4. The van der Waals surface area contributed by atoms with Gasteiger partial charge in [-0.25, -0.2) is 19.4 Å². The molecule has 15 heteroatoms. The van der Waals surface area contributed by atoms with Crippen LogP contribution in [0.1, 0.15) is 58.8 Å². The number of benzene rings is 2. The summed E-state index contributed by atoms with van der Waals surface area (Å²) < 4.78 is 18.5. The number of carbonyl (C=O) groups is 4. The first-order valence-corrected chi connectivity index (χ1v) is 18.8. The third kappa shape index (κ3) is 9.03. The molecule has 276 valence electrons. The zero-order chi connectivity index (χ0) is 37.9. The van der Waals surface area contributed by atoms with Crippen molar-refractivity contribution in [2.75, 3.05) is 11.1 Å². The zero-order valence-corrected chi connectivity index (χ0v) is 31.7. The molecule has 0 spiro atoms. The Morgan fingerprint density at radius 2 is 1.53 bits per heavy atom. The highest BCUT2D eigenvalue weighted by Crippen LogP contribution is 2.42. The van der Waals surface area contributed by atoms with Crippen LogP contribution >= 0.6 is 23.5 Å². The number of esters is 1. The first kappa shape index (κ1) is 37.5. The van der Waals surface area contributed by atoms with E-state index < -0.39 is 52.8 Å². The van der Waals surface area contributed by atoms with Gasteiger partial charge in [0.25, 0.3) is 5.91 Å². The second kappa shape index (κ2) is 15.4. The number of hydrogen-bond donors (Lipinski definition) is 2. The van der Waals surface area contributed by atoms with Crippen molar-refractivity contribution in [3.63, 3.8) is 0 Å². The summed E-state index contributed by atoms with van der Waals surface area (Å²) in [5.41, 5.74) is 1.27. The van der Waals surface area contributed by atoms with E-state index in [1.165, 1.54) is 39.1 Å². The lowest BCUT2D eigenvalue weighted by Crippen LogP contribution is -2.70. The van der Waals surface area contributed by atoms with E-state index in [1.54, 1.807) is 65.2 Å². The Kier molecular flexibility index (Phi) is 10.9. The molecule has 0 bridgehead atoms. The molecule has 0 unspecified atom stereocenters. The Labute approximate surface area is 315 Å². The number of allylic oxidation sites excluding steroid dienone is 1. The second-order valence-corrected chi connectivity index (χ2v) is 16.2. The number of aromatic nitrogens is 3. The third-order valence-electron chi connectivity index (χ3n) is 7.72. The number of rotatable bonds is 9. The summed E-state index contributed by atoms with van der Waals surface area (Å²) in [5, 5.41) is 11.7. The Hall–Kier alpha value is -5.28. The van der Waals surface area contributed by atoms with Gasteiger partial charge in [0.1, 0.15) is 33.3 Å². The minimum Gasteiger partial charge on any atom is -0.448 e. The highest BCUT2D eigenvalue weighted by atomic mass is 32.2. The predicted octanol–water partition coefficient (Wildman–Crippen LogP) is 7.08. The fraction of sp³-hybridized carbons (Fsp3) is 0.316. The lowest BCUT2D eigenvalue weighted by atomic mass is 10.0. The van der Waals surface area contributed by atoms with Crippen molar-refractivity contribution < 1.29 is 33.4 Å². The van der Waals surface area contributed by atoms with E-state index >= 15 is 0 Å². The summed E-state index contributed by atoms with van der Waals surface area (Å²) in [7, 11) is 0. The number of hydrogen-bond acceptors (Lipinski definition) is 11. The van der Waals surface area contributed by atoms with E-state index in [0.717, 1.165) is 11.1 Å². The molecule has 6 rings (SSSR count). The number of fused-ring (bicyclic) bond motifs is 2. The van der Waals surface area contributed by atoms with Crippen molar-refractivity contribution in [2.24, 2.45) is 0 Å². The van der Waals surface area contributed by atoms with E-state index in [1.807, 2.05) is 60.7 Å². The van der Waals surface area contributed by atoms with E-state index in [0.29, 0.717) is 27.8 Å². The first-order chi connectivity index (χ1) is 25.2. The molecule has 2 aliphatic rings. The fourth-order valence-corrected chi connectivity index (χ4v) is 7.51. The molecule has 2 N–H and O–H groups in total. The van der Waals surface area contributed by atoms with Crippen molar-refractivity contribution in [3.05, 3.63) is 113 Å². The Morgan fingerprint density at radius 1 is 0.906 bits per heavy atom. The van der Waals surface area contributed by atoms with E-state index in [-0.39, 0.29) is 5.70 Å².